The van der Waals surface area contributed by atoms with Crippen molar-refractivity contribution in [2.24, 2.45) is 5.92 Å². The van der Waals surface area contributed by atoms with Gasteiger partial charge in [-0.2, -0.15) is 0 Å². The molecule has 1 unspecified atom stereocenters. The van der Waals surface area contributed by atoms with E-state index in [-0.39, 0.29) is 17.6 Å². The molecule has 1 atom stereocenters. The third kappa shape index (κ3) is 3.09. The molecule has 0 aliphatic carbocycles. The summed E-state index contributed by atoms with van der Waals surface area (Å²) in [5, 5.41) is 10.7. The molecule has 1 aliphatic rings. The maximum atomic E-state index is 11.6. The van der Waals surface area contributed by atoms with Crippen molar-refractivity contribution in [3.8, 4) is 0 Å². The first-order valence-corrected chi connectivity index (χ1v) is 7.09. The third-order valence-corrected chi connectivity index (χ3v) is 4.07. The van der Waals surface area contributed by atoms with Crippen LogP contribution < -0.4 is 4.90 Å². The van der Waals surface area contributed by atoms with Gasteiger partial charge in [0.05, 0.1) is 23.6 Å². The lowest BCUT2D eigenvalue weighted by Crippen LogP contribution is -2.39. The molecule has 20 heavy (non-hydrogen) atoms. The normalized spacial score (nSPS) is 18.7. The topological polar surface area (TPSA) is 72.7 Å². The van der Waals surface area contributed by atoms with E-state index in [2.05, 4.69) is 20.8 Å². The van der Waals surface area contributed by atoms with E-state index in [1.165, 1.54) is 19.2 Å². The number of hydrogen-bond donors (Lipinski definition) is 0. The summed E-state index contributed by atoms with van der Waals surface area (Å²) in [7, 11) is 1.39. The number of ether oxygens (including phenoxy) is 1. The monoisotopic (exact) mass is 342 g/mol. The fourth-order valence-corrected chi connectivity index (χ4v) is 3.04. The van der Waals surface area contributed by atoms with Crippen molar-refractivity contribution in [3.63, 3.8) is 0 Å². The van der Waals surface area contributed by atoms with Crippen molar-refractivity contribution in [1.29, 1.82) is 0 Å². The summed E-state index contributed by atoms with van der Waals surface area (Å²) in [4.78, 5) is 24.0. The maximum Gasteiger partial charge on any atom is 0.310 e. The lowest BCUT2D eigenvalue weighted by Gasteiger charge is -2.33. The van der Waals surface area contributed by atoms with Crippen molar-refractivity contribution in [2.45, 2.75) is 12.8 Å². The van der Waals surface area contributed by atoms with Crippen LogP contribution in [0.5, 0.6) is 0 Å². The Morgan fingerprint density at radius 2 is 2.30 bits per heavy atom. The van der Waals surface area contributed by atoms with Crippen molar-refractivity contribution in [1.82, 2.24) is 0 Å². The minimum atomic E-state index is -0.429. The number of esters is 1. The highest BCUT2D eigenvalue weighted by Crippen LogP contribution is 2.33. The second kappa shape index (κ2) is 6.21. The molecular formula is C13H15BrN2O4. The van der Waals surface area contributed by atoms with Crippen LogP contribution in [0.3, 0.4) is 0 Å². The SMILES string of the molecule is COC(=O)C1CCCN(c2ccc([N+](=O)[O-])cc2Br)C1. The molecule has 1 aliphatic heterocycles. The van der Waals surface area contributed by atoms with Crippen molar-refractivity contribution in [3.05, 3.63) is 32.8 Å². The van der Waals surface area contributed by atoms with Gasteiger partial charge in [-0.3, -0.25) is 14.9 Å². The summed E-state index contributed by atoms with van der Waals surface area (Å²) >= 11 is 3.36. The highest BCUT2D eigenvalue weighted by Gasteiger charge is 2.27. The van der Waals surface area contributed by atoms with E-state index in [0.717, 1.165) is 25.1 Å². The third-order valence-electron chi connectivity index (χ3n) is 3.44. The summed E-state index contributed by atoms with van der Waals surface area (Å²) < 4.78 is 5.45. The number of anilines is 1. The van der Waals surface area contributed by atoms with Gasteiger partial charge >= 0.3 is 5.97 Å². The molecule has 0 amide bonds. The lowest BCUT2D eigenvalue weighted by molar-refractivity contribution is -0.384. The van der Waals surface area contributed by atoms with Crippen molar-refractivity contribution >= 4 is 33.3 Å². The van der Waals surface area contributed by atoms with Gasteiger partial charge in [0.15, 0.2) is 0 Å². The molecule has 0 bridgehead atoms. The minimum Gasteiger partial charge on any atom is -0.469 e. The number of piperidine rings is 1. The highest BCUT2D eigenvalue weighted by molar-refractivity contribution is 9.10. The molecule has 6 nitrogen and oxygen atoms in total. The van der Waals surface area contributed by atoms with E-state index < -0.39 is 4.92 Å². The van der Waals surface area contributed by atoms with Gasteiger partial charge < -0.3 is 9.64 Å². The number of methoxy groups -OCH3 is 1. The van der Waals surface area contributed by atoms with E-state index in [4.69, 9.17) is 4.74 Å². The van der Waals surface area contributed by atoms with Gasteiger partial charge in [-0.15, -0.1) is 0 Å². The molecule has 1 fully saturated rings. The number of hydrogen-bond acceptors (Lipinski definition) is 5. The van der Waals surface area contributed by atoms with E-state index in [9.17, 15) is 14.9 Å². The number of nitro groups is 1. The Bertz CT molecular complexity index is 535. The fourth-order valence-electron chi connectivity index (χ4n) is 2.42. The average Bonchev–Trinajstić information content (AvgIpc) is 2.46. The molecule has 0 aromatic heterocycles. The number of rotatable bonds is 3. The molecular weight excluding hydrogens is 328 g/mol. The molecule has 1 aromatic rings. The van der Waals surface area contributed by atoms with Gasteiger partial charge in [0, 0.05) is 29.7 Å². The van der Waals surface area contributed by atoms with Crippen molar-refractivity contribution < 1.29 is 14.5 Å². The Hall–Kier alpha value is -1.63. The van der Waals surface area contributed by atoms with Gasteiger partial charge in [-0.05, 0) is 34.8 Å². The summed E-state index contributed by atoms with van der Waals surface area (Å²) in [5.41, 5.74) is 0.909. The van der Waals surface area contributed by atoms with Crippen LogP contribution >= 0.6 is 15.9 Å². The molecule has 1 aromatic carbocycles. The number of carbonyl (C=O) groups is 1. The van der Waals surface area contributed by atoms with Gasteiger partial charge in [-0.25, -0.2) is 0 Å². The van der Waals surface area contributed by atoms with E-state index in [1.54, 1.807) is 6.07 Å². The average molecular weight is 343 g/mol. The van der Waals surface area contributed by atoms with Crippen LogP contribution in [0.4, 0.5) is 11.4 Å². The Kier molecular flexibility index (Phi) is 4.59. The van der Waals surface area contributed by atoms with Crippen LogP contribution in [0.15, 0.2) is 22.7 Å². The second-order valence-corrected chi connectivity index (χ2v) is 5.56. The molecule has 1 heterocycles. The molecule has 0 spiro atoms. The molecule has 108 valence electrons. The number of benzene rings is 1. The summed E-state index contributed by atoms with van der Waals surface area (Å²) in [6, 6.07) is 4.67. The van der Waals surface area contributed by atoms with E-state index in [0.29, 0.717) is 11.0 Å². The van der Waals surface area contributed by atoms with Crippen LogP contribution in [0.1, 0.15) is 12.8 Å². The van der Waals surface area contributed by atoms with Crippen LogP contribution in [0.25, 0.3) is 0 Å². The number of carbonyl (C=O) groups excluding carboxylic acids is 1. The summed E-state index contributed by atoms with van der Waals surface area (Å²) in [6.07, 6.45) is 1.71. The molecule has 2 rings (SSSR count). The van der Waals surface area contributed by atoms with Crippen LogP contribution in [-0.4, -0.2) is 31.1 Å². The van der Waals surface area contributed by atoms with Gasteiger partial charge in [0.1, 0.15) is 0 Å². The van der Waals surface area contributed by atoms with E-state index >= 15 is 0 Å². The number of halogens is 1. The van der Waals surface area contributed by atoms with Crippen LogP contribution in [0, 0.1) is 16.0 Å². The van der Waals surface area contributed by atoms with Gasteiger partial charge in [0.25, 0.3) is 5.69 Å². The fraction of sp³-hybridized carbons (Fsp3) is 0.462. The first-order valence-electron chi connectivity index (χ1n) is 6.29. The molecule has 0 saturated carbocycles. The second-order valence-electron chi connectivity index (χ2n) is 4.70. The zero-order chi connectivity index (χ0) is 14.7. The minimum absolute atomic E-state index is 0.0437. The first-order chi connectivity index (χ1) is 9.52. The van der Waals surface area contributed by atoms with Gasteiger partial charge in [-0.1, -0.05) is 0 Å². The Morgan fingerprint density at radius 3 is 2.90 bits per heavy atom. The van der Waals surface area contributed by atoms with Crippen LogP contribution in [-0.2, 0) is 9.53 Å². The zero-order valence-electron chi connectivity index (χ0n) is 11.0. The highest BCUT2D eigenvalue weighted by atomic mass is 79.9. The molecule has 7 heteroatoms. The molecule has 0 N–H and O–H groups in total. The Labute approximate surface area is 125 Å². The predicted molar refractivity (Wildman–Crippen MR) is 77.7 cm³/mol. The van der Waals surface area contributed by atoms with E-state index in [1.807, 2.05) is 0 Å². The quantitative estimate of drug-likeness (QED) is 0.479. The van der Waals surface area contributed by atoms with Crippen LogP contribution in [0.2, 0.25) is 0 Å². The Balaban J connectivity index is 2.19. The summed E-state index contributed by atoms with van der Waals surface area (Å²) in [6.45, 7) is 1.40. The summed E-state index contributed by atoms with van der Waals surface area (Å²) in [5.74, 6) is -0.344. The van der Waals surface area contributed by atoms with Gasteiger partial charge in [0.2, 0.25) is 0 Å². The lowest BCUT2D eigenvalue weighted by atomic mass is 9.97. The Morgan fingerprint density at radius 1 is 1.55 bits per heavy atom. The first kappa shape index (κ1) is 14.8. The standard InChI is InChI=1S/C13H15BrN2O4/c1-20-13(17)9-3-2-6-15(8-9)12-5-4-10(16(18)19)7-11(12)14/h4-5,7,9H,2-3,6,8H2,1H3. The predicted octanol–water partition coefficient (Wildman–Crippen LogP) is 2.75. The largest absolute Gasteiger partial charge is 0.469 e. The maximum absolute atomic E-state index is 11.6. The zero-order valence-corrected chi connectivity index (χ0v) is 12.6. The number of nitrogens with zero attached hydrogens (tertiary/aromatic N) is 2. The smallest absolute Gasteiger partial charge is 0.310 e. The van der Waals surface area contributed by atoms with Crippen molar-refractivity contribution in [2.75, 3.05) is 25.1 Å². The molecule has 1 saturated heterocycles. The molecule has 0 radical (unpaired) electrons. The number of non-ortho nitro benzene ring substituents is 1. The number of nitro benzene ring substituents is 1.